The van der Waals surface area contributed by atoms with Gasteiger partial charge in [0, 0.05) is 30.5 Å². The molecule has 7 heteroatoms. The molecule has 4 heterocycles. The number of morpholine rings is 1. The highest BCUT2D eigenvalue weighted by Crippen LogP contribution is 2.37. The molecule has 21 heavy (non-hydrogen) atoms. The molecule has 2 unspecified atom stereocenters. The molecule has 2 bridgehead atoms. The second kappa shape index (κ2) is 4.83. The van der Waals surface area contributed by atoms with Crippen molar-refractivity contribution in [2.24, 2.45) is 0 Å². The van der Waals surface area contributed by atoms with Gasteiger partial charge in [-0.2, -0.15) is 0 Å². The molecular weight excluding hydrogens is 313 g/mol. The third kappa shape index (κ3) is 2.18. The quantitative estimate of drug-likeness (QED) is 0.862. The summed E-state index contributed by atoms with van der Waals surface area (Å²) in [5, 5.41) is 2.83. The maximum atomic E-state index is 13.4. The number of nitrogens with zero attached hydrogens (tertiary/aromatic N) is 2. The van der Waals surface area contributed by atoms with E-state index < -0.39 is 5.82 Å². The number of piperidine rings is 1. The van der Waals surface area contributed by atoms with Gasteiger partial charge in [0.05, 0.1) is 28.6 Å². The number of aromatic nitrogens is 1. The van der Waals surface area contributed by atoms with E-state index in [1.54, 1.807) is 17.4 Å². The Morgan fingerprint density at radius 3 is 2.81 bits per heavy atom. The fourth-order valence-corrected chi connectivity index (χ4v) is 3.85. The van der Waals surface area contributed by atoms with E-state index in [4.69, 9.17) is 22.1 Å². The van der Waals surface area contributed by atoms with E-state index in [0.717, 1.165) is 30.3 Å². The average molecular weight is 326 g/mol. The first kappa shape index (κ1) is 13.3. The van der Waals surface area contributed by atoms with Crippen LogP contribution in [0.25, 0.3) is 11.3 Å². The van der Waals surface area contributed by atoms with Gasteiger partial charge in [-0.1, -0.05) is 11.6 Å². The summed E-state index contributed by atoms with van der Waals surface area (Å²) in [6.45, 7) is 1.76. The molecule has 0 spiro atoms. The lowest BCUT2D eigenvalue weighted by atomic mass is 9.99. The maximum Gasteiger partial charge on any atom is 0.186 e. The Bertz CT molecular complexity index is 692. The molecule has 2 aromatic rings. The molecule has 0 radical (unpaired) electrons. The molecule has 1 aromatic heterocycles. The minimum Gasteiger partial charge on any atom is -0.397 e. The number of benzene rings is 1. The zero-order valence-electron chi connectivity index (χ0n) is 11.1. The number of nitrogens with two attached hydrogens (primary N) is 1. The van der Waals surface area contributed by atoms with Crippen molar-refractivity contribution in [1.29, 1.82) is 0 Å². The van der Waals surface area contributed by atoms with E-state index in [2.05, 4.69) is 9.88 Å². The highest BCUT2D eigenvalue weighted by Gasteiger charge is 2.39. The van der Waals surface area contributed by atoms with Gasteiger partial charge in [0.25, 0.3) is 0 Å². The molecule has 0 aliphatic carbocycles. The van der Waals surface area contributed by atoms with Crippen LogP contribution in [0, 0.1) is 5.82 Å². The van der Waals surface area contributed by atoms with Gasteiger partial charge in [0.2, 0.25) is 0 Å². The molecule has 2 atom stereocenters. The fourth-order valence-electron chi connectivity index (χ4n) is 2.83. The smallest absolute Gasteiger partial charge is 0.186 e. The van der Waals surface area contributed by atoms with Gasteiger partial charge < -0.3 is 15.4 Å². The lowest BCUT2D eigenvalue weighted by molar-refractivity contribution is -0.133. The SMILES string of the molecule is Nc1c(-c2csc(N3CC4CC(C3)O4)n2)ccc(F)c1Cl. The summed E-state index contributed by atoms with van der Waals surface area (Å²) in [6.07, 6.45) is 1.82. The van der Waals surface area contributed by atoms with Crippen LogP contribution in [0.1, 0.15) is 6.42 Å². The van der Waals surface area contributed by atoms with Gasteiger partial charge in [-0.25, -0.2) is 9.37 Å². The first-order valence-electron chi connectivity index (χ1n) is 6.71. The van der Waals surface area contributed by atoms with Crippen molar-refractivity contribution in [2.75, 3.05) is 23.7 Å². The highest BCUT2D eigenvalue weighted by molar-refractivity contribution is 7.14. The summed E-state index contributed by atoms with van der Waals surface area (Å²) in [5.41, 5.74) is 7.53. The summed E-state index contributed by atoms with van der Waals surface area (Å²) in [7, 11) is 0. The van der Waals surface area contributed by atoms with Gasteiger partial charge in [-0.15, -0.1) is 11.3 Å². The maximum absolute atomic E-state index is 13.4. The van der Waals surface area contributed by atoms with Crippen LogP contribution in [0.2, 0.25) is 5.02 Å². The lowest BCUT2D eigenvalue weighted by Crippen LogP contribution is -2.57. The zero-order chi connectivity index (χ0) is 14.6. The van der Waals surface area contributed by atoms with E-state index in [0.29, 0.717) is 17.8 Å². The van der Waals surface area contributed by atoms with E-state index >= 15 is 0 Å². The number of nitrogen functional groups attached to an aromatic ring is 1. The number of ether oxygens (including phenoxy) is 1. The van der Waals surface area contributed by atoms with Gasteiger partial charge in [-0.05, 0) is 12.1 Å². The second-order valence-corrected chi connectivity index (χ2v) is 6.57. The van der Waals surface area contributed by atoms with Crippen molar-refractivity contribution in [2.45, 2.75) is 18.6 Å². The van der Waals surface area contributed by atoms with E-state index in [-0.39, 0.29) is 10.7 Å². The monoisotopic (exact) mass is 325 g/mol. The van der Waals surface area contributed by atoms with Crippen LogP contribution in [0.4, 0.5) is 15.2 Å². The normalized spacial score (nSPS) is 24.0. The first-order valence-corrected chi connectivity index (χ1v) is 7.97. The fraction of sp³-hybridized carbons (Fsp3) is 0.357. The molecule has 2 N–H and O–H groups in total. The van der Waals surface area contributed by atoms with Crippen LogP contribution in [-0.2, 0) is 4.74 Å². The highest BCUT2D eigenvalue weighted by atomic mass is 35.5. The average Bonchev–Trinajstić information content (AvgIpc) is 2.94. The molecule has 4 nitrogen and oxygen atoms in total. The molecule has 3 aliphatic rings. The number of thiazole rings is 1. The van der Waals surface area contributed by atoms with Crippen LogP contribution >= 0.6 is 22.9 Å². The van der Waals surface area contributed by atoms with Crippen molar-refractivity contribution in [3.05, 3.63) is 28.4 Å². The van der Waals surface area contributed by atoms with E-state index in [1.807, 2.05) is 5.38 Å². The van der Waals surface area contributed by atoms with Gasteiger partial charge in [0.1, 0.15) is 5.82 Å². The molecule has 0 saturated carbocycles. The molecule has 110 valence electrons. The Kier molecular flexibility index (Phi) is 3.06. The van der Waals surface area contributed by atoms with Crippen LogP contribution in [0.3, 0.4) is 0 Å². The number of hydrogen-bond donors (Lipinski definition) is 1. The number of fused-ring (bicyclic) bond motifs is 2. The number of rotatable bonds is 2. The summed E-state index contributed by atoms with van der Waals surface area (Å²) in [5.74, 6) is -0.512. The van der Waals surface area contributed by atoms with Crippen molar-refractivity contribution in [3.63, 3.8) is 0 Å². The summed E-state index contributed by atoms with van der Waals surface area (Å²) >= 11 is 7.42. The first-order chi connectivity index (χ1) is 10.1. The van der Waals surface area contributed by atoms with Gasteiger partial charge in [-0.3, -0.25) is 0 Å². The van der Waals surface area contributed by atoms with Crippen LogP contribution in [-0.4, -0.2) is 30.3 Å². The standard InChI is InChI=1S/C14H13ClFN3OS/c15-12-10(16)2-1-9(13(12)17)11-6-21-14(18-11)19-4-7-3-8(5-19)20-7/h1-2,6-8H,3-5,17H2. The third-order valence-electron chi connectivity index (χ3n) is 3.93. The Hall–Kier alpha value is -1.37. The second-order valence-electron chi connectivity index (χ2n) is 5.36. The Balaban J connectivity index is 1.64. The summed E-state index contributed by atoms with van der Waals surface area (Å²) in [6, 6.07) is 2.93. The lowest BCUT2D eigenvalue weighted by Gasteiger charge is -2.46. The third-order valence-corrected chi connectivity index (χ3v) is 5.22. The zero-order valence-corrected chi connectivity index (χ0v) is 12.6. The molecule has 3 aliphatic heterocycles. The largest absolute Gasteiger partial charge is 0.397 e. The Morgan fingerprint density at radius 2 is 2.10 bits per heavy atom. The van der Waals surface area contributed by atoms with Gasteiger partial charge in [0.15, 0.2) is 5.13 Å². The molecule has 0 amide bonds. The minimum absolute atomic E-state index is 0.0466. The van der Waals surface area contributed by atoms with Crippen LogP contribution in [0.5, 0.6) is 0 Å². The number of halogens is 2. The van der Waals surface area contributed by atoms with Crippen LogP contribution in [0.15, 0.2) is 17.5 Å². The van der Waals surface area contributed by atoms with Crippen molar-refractivity contribution < 1.29 is 9.13 Å². The van der Waals surface area contributed by atoms with Crippen LogP contribution < -0.4 is 10.6 Å². The molecular formula is C14H13ClFN3OS. The molecule has 1 aromatic carbocycles. The van der Waals surface area contributed by atoms with Crippen molar-refractivity contribution in [1.82, 2.24) is 4.98 Å². The predicted molar refractivity (Wildman–Crippen MR) is 82.4 cm³/mol. The summed E-state index contributed by atoms with van der Waals surface area (Å²) in [4.78, 5) is 6.85. The van der Waals surface area contributed by atoms with Gasteiger partial charge >= 0.3 is 0 Å². The van der Waals surface area contributed by atoms with E-state index in [9.17, 15) is 4.39 Å². The number of hydrogen-bond acceptors (Lipinski definition) is 5. The minimum atomic E-state index is -0.512. The van der Waals surface area contributed by atoms with Crippen molar-refractivity contribution in [3.8, 4) is 11.3 Å². The van der Waals surface area contributed by atoms with E-state index in [1.165, 1.54) is 6.07 Å². The predicted octanol–water partition coefficient (Wildman–Crippen LogP) is 3.16. The Morgan fingerprint density at radius 1 is 1.38 bits per heavy atom. The Labute approximate surface area is 130 Å². The van der Waals surface area contributed by atoms with Crippen molar-refractivity contribution >= 4 is 33.8 Å². The number of anilines is 2. The summed E-state index contributed by atoms with van der Waals surface area (Å²) < 4.78 is 19.0. The molecule has 5 rings (SSSR count). The topological polar surface area (TPSA) is 51.4 Å². The molecule has 3 fully saturated rings. The molecule has 3 saturated heterocycles.